The zero-order valence-electron chi connectivity index (χ0n) is 19.1. The number of primary amides is 1. The highest BCUT2D eigenvalue weighted by atomic mass is 19.1. The van der Waals surface area contributed by atoms with Gasteiger partial charge in [0.2, 0.25) is 0 Å². The van der Waals surface area contributed by atoms with Crippen LogP contribution in [0.25, 0.3) is 0 Å². The van der Waals surface area contributed by atoms with Gasteiger partial charge in [-0.3, -0.25) is 0 Å². The maximum atomic E-state index is 13.5. The fourth-order valence-corrected chi connectivity index (χ4v) is 3.09. The molecular formula is C24H32F2N4O4. The zero-order chi connectivity index (χ0) is 24.6. The van der Waals surface area contributed by atoms with Crippen LogP contribution >= 0.6 is 0 Å². The van der Waals surface area contributed by atoms with Crippen LogP contribution in [0.2, 0.25) is 0 Å². The van der Waals surface area contributed by atoms with Gasteiger partial charge in [0.05, 0.1) is 13.1 Å². The third kappa shape index (κ3) is 10.4. The average Bonchev–Trinajstić information content (AvgIpc) is 2.82. The molecule has 0 aromatic heterocycles. The summed E-state index contributed by atoms with van der Waals surface area (Å²) in [6.07, 6.45) is 3.26. The number of carbonyl (C=O) groups is 2. The Morgan fingerprint density at radius 1 is 0.765 bits per heavy atom. The lowest BCUT2D eigenvalue weighted by atomic mass is 10.2. The van der Waals surface area contributed by atoms with Crippen molar-refractivity contribution in [1.82, 2.24) is 15.5 Å². The number of unbranched alkanes of at least 4 members (excludes halogenated alkanes) is 3. The molecule has 0 unspecified atom stereocenters. The summed E-state index contributed by atoms with van der Waals surface area (Å²) in [6, 6.07) is 11.3. The Hall–Kier alpha value is -3.56. The number of para-hydroxylation sites is 2. The van der Waals surface area contributed by atoms with Crippen molar-refractivity contribution in [2.24, 2.45) is 5.73 Å². The van der Waals surface area contributed by atoms with E-state index in [0.29, 0.717) is 13.1 Å². The summed E-state index contributed by atoms with van der Waals surface area (Å²) in [5, 5.41) is 5.39. The van der Waals surface area contributed by atoms with Gasteiger partial charge in [0.1, 0.15) is 13.2 Å². The summed E-state index contributed by atoms with van der Waals surface area (Å²) in [6.45, 7) is 1.82. The van der Waals surface area contributed by atoms with Gasteiger partial charge in [-0.05, 0) is 37.1 Å². The van der Waals surface area contributed by atoms with Crippen molar-refractivity contribution < 1.29 is 27.8 Å². The molecule has 0 saturated carbocycles. The standard InChI is InChI=1S/C24H32F2N4O4/c25-19-9-3-5-11-21(19)33-17-14-29-24(32)28-13-7-1-2-8-15-30(23(27)31)16-18-34-22-12-6-4-10-20(22)26/h3-6,9-12H,1-2,7-8,13-18H2,(H2,27,31)(H2,28,29,32). The number of hydrogen-bond donors (Lipinski definition) is 3. The maximum absolute atomic E-state index is 13.5. The highest BCUT2D eigenvalue weighted by Gasteiger charge is 2.10. The smallest absolute Gasteiger partial charge is 0.314 e. The summed E-state index contributed by atoms with van der Waals surface area (Å²) in [5.41, 5.74) is 5.41. The van der Waals surface area contributed by atoms with Gasteiger partial charge in [-0.2, -0.15) is 0 Å². The van der Waals surface area contributed by atoms with E-state index in [4.69, 9.17) is 15.2 Å². The molecule has 10 heteroatoms. The second-order valence-corrected chi connectivity index (χ2v) is 7.48. The Balaban J connectivity index is 1.47. The van der Waals surface area contributed by atoms with Crippen molar-refractivity contribution in [2.75, 3.05) is 39.4 Å². The van der Waals surface area contributed by atoms with Crippen molar-refractivity contribution in [3.05, 3.63) is 60.2 Å². The van der Waals surface area contributed by atoms with Crippen LogP contribution in [0.3, 0.4) is 0 Å². The van der Waals surface area contributed by atoms with Crippen LogP contribution in [0.1, 0.15) is 25.7 Å². The molecule has 4 amide bonds. The zero-order valence-corrected chi connectivity index (χ0v) is 19.1. The predicted molar refractivity (Wildman–Crippen MR) is 125 cm³/mol. The predicted octanol–water partition coefficient (Wildman–Crippen LogP) is 3.66. The second kappa shape index (κ2) is 15.3. The number of hydrogen-bond acceptors (Lipinski definition) is 4. The first-order valence-corrected chi connectivity index (χ1v) is 11.3. The van der Waals surface area contributed by atoms with Crippen LogP contribution in [0, 0.1) is 11.6 Å². The monoisotopic (exact) mass is 478 g/mol. The molecule has 0 aliphatic heterocycles. The SMILES string of the molecule is NC(=O)N(CCCCCCNC(=O)NCCOc1ccccc1F)CCOc1ccccc1F. The molecule has 34 heavy (non-hydrogen) atoms. The number of nitrogens with two attached hydrogens (primary N) is 1. The molecule has 8 nitrogen and oxygen atoms in total. The van der Waals surface area contributed by atoms with Crippen LogP contribution in [0.4, 0.5) is 18.4 Å². The molecule has 0 fully saturated rings. The summed E-state index contributed by atoms with van der Waals surface area (Å²) in [4.78, 5) is 24.8. The normalized spacial score (nSPS) is 10.4. The van der Waals surface area contributed by atoms with Gasteiger partial charge in [-0.25, -0.2) is 18.4 Å². The Morgan fingerprint density at radius 3 is 1.94 bits per heavy atom. The molecule has 0 heterocycles. The summed E-state index contributed by atoms with van der Waals surface area (Å²) in [7, 11) is 0. The summed E-state index contributed by atoms with van der Waals surface area (Å²) < 4.78 is 37.6. The van der Waals surface area contributed by atoms with Gasteiger partial charge in [0.15, 0.2) is 23.1 Å². The molecular weight excluding hydrogens is 446 g/mol. The number of nitrogens with one attached hydrogen (secondary N) is 2. The van der Waals surface area contributed by atoms with Crippen molar-refractivity contribution >= 4 is 12.1 Å². The largest absolute Gasteiger partial charge is 0.489 e. The molecule has 0 aliphatic rings. The molecule has 0 aliphatic carbocycles. The number of ether oxygens (including phenoxy) is 2. The number of halogens is 2. The number of nitrogens with zero attached hydrogens (tertiary/aromatic N) is 1. The van der Waals surface area contributed by atoms with Crippen LogP contribution in [-0.4, -0.2) is 56.4 Å². The van der Waals surface area contributed by atoms with E-state index in [2.05, 4.69) is 10.6 Å². The lowest BCUT2D eigenvalue weighted by Crippen LogP contribution is -2.39. The molecule has 2 aromatic rings. The quantitative estimate of drug-likeness (QED) is 0.340. The summed E-state index contributed by atoms with van der Waals surface area (Å²) >= 11 is 0. The maximum Gasteiger partial charge on any atom is 0.314 e. The van der Waals surface area contributed by atoms with Crippen molar-refractivity contribution in [3.63, 3.8) is 0 Å². The van der Waals surface area contributed by atoms with Gasteiger partial charge in [0.25, 0.3) is 0 Å². The number of amides is 4. The van der Waals surface area contributed by atoms with Gasteiger partial charge in [-0.1, -0.05) is 37.1 Å². The molecule has 0 saturated heterocycles. The van der Waals surface area contributed by atoms with Crippen LogP contribution in [0.15, 0.2) is 48.5 Å². The number of urea groups is 2. The first kappa shape index (κ1) is 26.7. The molecule has 0 bridgehead atoms. The molecule has 2 rings (SSSR count). The van der Waals surface area contributed by atoms with E-state index < -0.39 is 17.7 Å². The highest BCUT2D eigenvalue weighted by molar-refractivity contribution is 5.73. The van der Waals surface area contributed by atoms with E-state index in [1.54, 1.807) is 24.3 Å². The third-order valence-electron chi connectivity index (χ3n) is 4.89. The van der Waals surface area contributed by atoms with Gasteiger partial charge >= 0.3 is 12.1 Å². The van der Waals surface area contributed by atoms with Crippen LogP contribution < -0.4 is 25.8 Å². The first-order chi connectivity index (χ1) is 16.5. The van der Waals surface area contributed by atoms with E-state index in [9.17, 15) is 18.4 Å². The van der Waals surface area contributed by atoms with Crippen LogP contribution in [0.5, 0.6) is 11.5 Å². The van der Waals surface area contributed by atoms with E-state index in [-0.39, 0.29) is 43.8 Å². The number of rotatable bonds is 15. The molecule has 186 valence electrons. The van der Waals surface area contributed by atoms with E-state index >= 15 is 0 Å². The number of carbonyl (C=O) groups excluding carboxylic acids is 2. The van der Waals surface area contributed by atoms with Crippen molar-refractivity contribution in [3.8, 4) is 11.5 Å². The minimum absolute atomic E-state index is 0.140. The summed E-state index contributed by atoms with van der Waals surface area (Å²) in [5.74, 6) is -0.605. The Bertz CT molecular complexity index is 901. The van der Waals surface area contributed by atoms with E-state index in [1.165, 1.54) is 29.2 Å². The Morgan fingerprint density at radius 2 is 1.32 bits per heavy atom. The molecule has 4 N–H and O–H groups in total. The average molecular weight is 479 g/mol. The van der Waals surface area contributed by atoms with Gasteiger partial charge in [0, 0.05) is 13.1 Å². The molecule has 0 atom stereocenters. The highest BCUT2D eigenvalue weighted by Crippen LogP contribution is 2.15. The number of benzene rings is 2. The minimum atomic E-state index is -0.547. The molecule has 0 spiro atoms. The lowest BCUT2D eigenvalue weighted by molar-refractivity contribution is 0.188. The van der Waals surface area contributed by atoms with Gasteiger partial charge in [-0.15, -0.1) is 0 Å². The Kier molecular flexibility index (Phi) is 12.0. The third-order valence-corrected chi connectivity index (χ3v) is 4.89. The van der Waals surface area contributed by atoms with Crippen LogP contribution in [-0.2, 0) is 0 Å². The molecule has 2 aromatic carbocycles. The van der Waals surface area contributed by atoms with Gasteiger partial charge < -0.3 is 30.7 Å². The fourth-order valence-electron chi connectivity index (χ4n) is 3.09. The Labute approximate surface area is 198 Å². The van der Waals surface area contributed by atoms with E-state index in [0.717, 1.165) is 25.7 Å². The van der Waals surface area contributed by atoms with E-state index in [1.807, 2.05) is 0 Å². The first-order valence-electron chi connectivity index (χ1n) is 11.3. The topological polar surface area (TPSA) is 106 Å². The van der Waals surface area contributed by atoms with Crippen molar-refractivity contribution in [2.45, 2.75) is 25.7 Å². The lowest BCUT2D eigenvalue weighted by Gasteiger charge is -2.20. The van der Waals surface area contributed by atoms with Crippen molar-refractivity contribution in [1.29, 1.82) is 0 Å². The fraction of sp³-hybridized carbons (Fsp3) is 0.417. The minimum Gasteiger partial charge on any atom is -0.489 e. The second-order valence-electron chi connectivity index (χ2n) is 7.48. The molecule has 0 radical (unpaired) electrons.